The molecule has 100 valence electrons. The van der Waals surface area contributed by atoms with Crippen LogP contribution in [0.15, 0.2) is 23.1 Å². The van der Waals surface area contributed by atoms with Gasteiger partial charge in [-0.3, -0.25) is 0 Å². The van der Waals surface area contributed by atoms with E-state index in [0.29, 0.717) is 4.90 Å². The molecule has 0 heterocycles. The standard InChI is InChI=1S/C14H21NO2S/c1-10(2)15(13-6-7-13)18(16,17)14-8-5-11(3)9-12(14)4/h5,8-10,13H,6-7H2,1-4H3. The summed E-state index contributed by atoms with van der Waals surface area (Å²) in [6.07, 6.45) is 1.98. The second kappa shape index (κ2) is 4.67. The first kappa shape index (κ1) is 13.6. The minimum absolute atomic E-state index is 0.0169. The Bertz CT molecular complexity index is 543. The third-order valence-electron chi connectivity index (χ3n) is 3.30. The summed E-state index contributed by atoms with van der Waals surface area (Å²) in [7, 11) is -3.35. The SMILES string of the molecule is Cc1ccc(S(=O)(=O)N(C(C)C)C2CC2)c(C)c1. The van der Waals surface area contributed by atoms with Crippen molar-refractivity contribution in [1.29, 1.82) is 0 Å². The van der Waals surface area contributed by atoms with Crippen molar-refractivity contribution in [2.75, 3.05) is 0 Å². The number of benzene rings is 1. The van der Waals surface area contributed by atoms with E-state index in [1.807, 2.05) is 39.8 Å². The molecule has 0 unspecified atom stereocenters. The molecule has 0 saturated heterocycles. The molecule has 0 aromatic heterocycles. The van der Waals surface area contributed by atoms with E-state index in [9.17, 15) is 8.42 Å². The number of rotatable bonds is 4. The zero-order valence-corrected chi connectivity index (χ0v) is 12.3. The Morgan fingerprint density at radius 3 is 2.28 bits per heavy atom. The van der Waals surface area contributed by atoms with Crippen LogP contribution in [0.3, 0.4) is 0 Å². The average molecular weight is 267 g/mol. The molecule has 1 fully saturated rings. The Kier molecular flexibility index (Phi) is 3.52. The minimum atomic E-state index is -3.35. The third-order valence-corrected chi connectivity index (χ3v) is 5.59. The van der Waals surface area contributed by atoms with E-state index in [4.69, 9.17) is 0 Å². The monoisotopic (exact) mass is 267 g/mol. The molecule has 0 amide bonds. The molecule has 2 rings (SSSR count). The summed E-state index contributed by atoms with van der Waals surface area (Å²) in [6, 6.07) is 5.75. The maximum atomic E-state index is 12.7. The third kappa shape index (κ3) is 2.45. The summed E-state index contributed by atoms with van der Waals surface area (Å²) in [5, 5.41) is 0. The second-order valence-electron chi connectivity index (χ2n) is 5.43. The van der Waals surface area contributed by atoms with Crippen LogP contribution < -0.4 is 0 Å². The first-order valence-corrected chi connectivity index (χ1v) is 7.89. The van der Waals surface area contributed by atoms with Crippen molar-refractivity contribution in [2.45, 2.75) is 57.5 Å². The van der Waals surface area contributed by atoms with Crippen LogP contribution in [0.25, 0.3) is 0 Å². The van der Waals surface area contributed by atoms with Crippen LogP contribution >= 0.6 is 0 Å². The summed E-state index contributed by atoms with van der Waals surface area (Å²) in [4.78, 5) is 0.452. The van der Waals surface area contributed by atoms with Gasteiger partial charge >= 0.3 is 0 Å². The fraction of sp³-hybridized carbons (Fsp3) is 0.571. The zero-order chi connectivity index (χ0) is 13.5. The highest BCUT2D eigenvalue weighted by molar-refractivity contribution is 7.89. The van der Waals surface area contributed by atoms with Gasteiger partial charge in [0.1, 0.15) is 0 Å². The molecule has 0 radical (unpaired) electrons. The van der Waals surface area contributed by atoms with Gasteiger partial charge < -0.3 is 0 Å². The fourth-order valence-electron chi connectivity index (χ4n) is 2.43. The van der Waals surface area contributed by atoms with E-state index in [1.165, 1.54) is 0 Å². The first-order chi connectivity index (χ1) is 8.34. The summed E-state index contributed by atoms with van der Waals surface area (Å²) in [5.41, 5.74) is 1.93. The van der Waals surface area contributed by atoms with Gasteiger partial charge in [0.05, 0.1) is 4.90 Å². The van der Waals surface area contributed by atoms with Crippen molar-refractivity contribution < 1.29 is 8.42 Å². The molecular formula is C14H21NO2S. The molecule has 1 aliphatic carbocycles. The van der Waals surface area contributed by atoms with Crippen LogP contribution in [-0.2, 0) is 10.0 Å². The first-order valence-electron chi connectivity index (χ1n) is 6.45. The molecule has 18 heavy (non-hydrogen) atoms. The van der Waals surface area contributed by atoms with E-state index in [0.717, 1.165) is 24.0 Å². The highest BCUT2D eigenvalue weighted by atomic mass is 32.2. The van der Waals surface area contributed by atoms with Crippen LogP contribution in [-0.4, -0.2) is 24.8 Å². The smallest absolute Gasteiger partial charge is 0.207 e. The molecule has 0 spiro atoms. The van der Waals surface area contributed by atoms with Gasteiger partial charge in [0.25, 0.3) is 0 Å². The van der Waals surface area contributed by atoms with E-state index in [2.05, 4.69) is 0 Å². The lowest BCUT2D eigenvalue weighted by Crippen LogP contribution is -2.39. The fourth-order valence-corrected chi connectivity index (χ4v) is 4.52. The normalized spacial score (nSPS) is 16.6. The Morgan fingerprint density at radius 1 is 1.22 bits per heavy atom. The largest absolute Gasteiger partial charge is 0.243 e. The zero-order valence-electron chi connectivity index (χ0n) is 11.5. The average Bonchev–Trinajstić information content (AvgIpc) is 2.99. The lowest BCUT2D eigenvalue weighted by Gasteiger charge is -2.26. The summed E-state index contributed by atoms with van der Waals surface area (Å²) in [6.45, 7) is 7.73. The van der Waals surface area contributed by atoms with Gasteiger partial charge in [-0.1, -0.05) is 17.7 Å². The van der Waals surface area contributed by atoms with Gasteiger partial charge in [-0.15, -0.1) is 0 Å². The lowest BCUT2D eigenvalue weighted by atomic mass is 10.2. The van der Waals surface area contributed by atoms with Gasteiger partial charge in [0.2, 0.25) is 10.0 Å². The Hall–Kier alpha value is -0.870. The maximum absolute atomic E-state index is 12.7. The quantitative estimate of drug-likeness (QED) is 0.841. The highest BCUT2D eigenvalue weighted by Gasteiger charge is 2.40. The molecule has 3 nitrogen and oxygen atoms in total. The van der Waals surface area contributed by atoms with Gasteiger partial charge in [0, 0.05) is 12.1 Å². The van der Waals surface area contributed by atoms with Crippen molar-refractivity contribution in [3.8, 4) is 0 Å². The number of nitrogens with zero attached hydrogens (tertiary/aromatic N) is 1. The molecule has 1 saturated carbocycles. The van der Waals surface area contributed by atoms with Crippen molar-refractivity contribution in [3.63, 3.8) is 0 Å². The Labute approximate surface area is 110 Å². The van der Waals surface area contributed by atoms with E-state index >= 15 is 0 Å². The van der Waals surface area contributed by atoms with Crippen molar-refractivity contribution in [3.05, 3.63) is 29.3 Å². The van der Waals surface area contributed by atoms with Crippen LogP contribution in [0.4, 0.5) is 0 Å². The number of sulfonamides is 1. The molecule has 4 heteroatoms. The van der Waals surface area contributed by atoms with Crippen LogP contribution in [0.1, 0.15) is 37.8 Å². The minimum Gasteiger partial charge on any atom is -0.207 e. The number of aryl methyl sites for hydroxylation is 2. The number of hydrogen-bond acceptors (Lipinski definition) is 2. The predicted molar refractivity (Wildman–Crippen MR) is 73.1 cm³/mol. The van der Waals surface area contributed by atoms with Crippen LogP contribution in [0, 0.1) is 13.8 Å². The molecular weight excluding hydrogens is 246 g/mol. The topological polar surface area (TPSA) is 37.4 Å². The molecule has 1 aliphatic rings. The van der Waals surface area contributed by atoms with Crippen molar-refractivity contribution >= 4 is 10.0 Å². The predicted octanol–water partition coefficient (Wildman–Crippen LogP) is 2.86. The molecule has 1 aromatic carbocycles. The van der Waals surface area contributed by atoms with Gasteiger partial charge in [-0.05, 0) is 52.2 Å². The van der Waals surface area contributed by atoms with E-state index < -0.39 is 10.0 Å². The molecule has 0 aliphatic heterocycles. The van der Waals surface area contributed by atoms with Crippen molar-refractivity contribution in [1.82, 2.24) is 4.31 Å². The van der Waals surface area contributed by atoms with E-state index in [-0.39, 0.29) is 12.1 Å². The maximum Gasteiger partial charge on any atom is 0.243 e. The molecule has 0 N–H and O–H groups in total. The molecule has 0 bridgehead atoms. The second-order valence-corrected chi connectivity index (χ2v) is 7.24. The molecule has 0 atom stereocenters. The van der Waals surface area contributed by atoms with Crippen LogP contribution in [0.2, 0.25) is 0 Å². The van der Waals surface area contributed by atoms with Crippen molar-refractivity contribution in [2.24, 2.45) is 0 Å². The van der Waals surface area contributed by atoms with E-state index in [1.54, 1.807) is 10.4 Å². The van der Waals surface area contributed by atoms with Gasteiger partial charge in [-0.25, -0.2) is 8.42 Å². The summed E-state index contributed by atoms with van der Waals surface area (Å²) >= 11 is 0. The Balaban J connectivity index is 2.46. The van der Waals surface area contributed by atoms with Gasteiger partial charge in [0.15, 0.2) is 0 Å². The highest BCUT2D eigenvalue weighted by Crippen LogP contribution is 2.34. The lowest BCUT2D eigenvalue weighted by molar-refractivity contribution is 0.346. The number of hydrogen-bond donors (Lipinski definition) is 0. The van der Waals surface area contributed by atoms with Crippen LogP contribution in [0.5, 0.6) is 0 Å². The van der Waals surface area contributed by atoms with Gasteiger partial charge in [-0.2, -0.15) is 4.31 Å². The molecule has 1 aromatic rings. The summed E-state index contributed by atoms with van der Waals surface area (Å²) in [5.74, 6) is 0. The Morgan fingerprint density at radius 2 is 1.83 bits per heavy atom. The summed E-state index contributed by atoms with van der Waals surface area (Å²) < 4.78 is 27.1.